The molecule has 0 bridgehead atoms. The lowest BCUT2D eigenvalue weighted by Gasteiger charge is -2.14. The van der Waals surface area contributed by atoms with Crippen LogP contribution in [0.2, 0.25) is 0 Å². The molecule has 0 saturated carbocycles. The van der Waals surface area contributed by atoms with Gasteiger partial charge in [0, 0.05) is 23.5 Å². The molecule has 0 fully saturated rings. The Labute approximate surface area is 130 Å². The van der Waals surface area contributed by atoms with Crippen LogP contribution >= 0.6 is 0 Å². The second kappa shape index (κ2) is 6.44. The standard InChI is InChI=1S/C16H16F3NO3/c1-10(2)7-20-8-13(15(22)23-9-16(17,18)19)11-5-3-4-6-12(11)14(20)21/h3-6,8,10H,7,9H2,1-2H3. The Kier molecular flexibility index (Phi) is 4.77. The molecule has 0 radical (unpaired) electrons. The quantitative estimate of drug-likeness (QED) is 0.809. The number of benzene rings is 1. The van der Waals surface area contributed by atoms with Crippen molar-refractivity contribution in [1.29, 1.82) is 0 Å². The van der Waals surface area contributed by atoms with Crippen molar-refractivity contribution in [3.8, 4) is 0 Å². The van der Waals surface area contributed by atoms with Crippen molar-refractivity contribution in [1.82, 2.24) is 4.57 Å². The molecule has 0 N–H and O–H groups in total. The molecule has 0 aliphatic rings. The van der Waals surface area contributed by atoms with Gasteiger partial charge < -0.3 is 9.30 Å². The summed E-state index contributed by atoms with van der Waals surface area (Å²) in [6.45, 7) is 2.47. The van der Waals surface area contributed by atoms with E-state index < -0.39 is 18.8 Å². The highest BCUT2D eigenvalue weighted by Gasteiger charge is 2.30. The van der Waals surface area contributed by atoms with Crippen LogP contribution < -0.4 is 5.56 Å². The van der Waals surface area contributed by atoms with E-state index in [-0.39, 0.29) is 27.8 Å². The number of alkyl halides is 3. The molecule has 1 aromatic carbocycles. The van der Waals surface area contributed by atoms with Gasteiger partial charge in [0.05, 0.1) is 5.56 Å². The number of ether oxygens (including phenoxy) is 1. The van der Waals surface area contributed by atoms with Crippen molar-refractivity contribution < 1.29 is 22.7 Å². The number of hydrogen-bond donors (Lipinski definition) is 0. The summed E-state index contributed by atoms with van der Waals surface area (Å²) in [4.78, 5) is 24.4. The zero-order chi connectivity index (χ0) is 17.2. The van der Waals surface area contributed by atoms with E-state index in [2.05, 4.69) is 4.74 Å². The number of carbonyl (C=O) groups is 1. The second-order valence-corrected chi connectivity index (χ2v) is 5.63. The van der Waals surface area contributed by atoms with Crippen LogP contribution in [0.4, 0.5) is 13.2 Å². The second-order valence-electron chi connectivity index (χ2n) is 5.63. The highest BCUT2D eigenvalue weighted by molar-refractivity contribution is 6.03. The summed E-state index contributed by atoms with van der Waals surface area (Å²) in [6.07, 6.45) is -3.33. The van der Waals surface area contributed by atoms with Gasteiger partial charge in [0.25, 0.3) is 5.56 Å². The number of nitrogens with zero attached hydrogens (tertiary/aromatic N) is 1. The Hall–Kier alpha value is -2.31. The number of hydrogen-bond acceptors (Lipinski definition) is 3. The number of halogens is 3. The van der Waals surface area contributed by atoms with Gasteiger partial charge in [-0.2, -0.15) is 13.2 Å². The van der Waals surface area contributed by atoms with E-state index in [1.54, 1.807) is 12.1 Å². The topological polar surface area (TPSA) is 48.3 Å². The lowest BCUT2D eigenvalue weighted by Crippen LogP contribution is -2.26. The molecule has 0 aliphatic carbocycles. The number of carbonyl (C=O) groups excluding carboxylic acids is 1. The van der Waals surface area contributed by atoms with Gasteiger partial charge >= 0.3 is 12.1 Å². The fourth-order valence-electron chi connectivity index (χ4n) is 2.26. The molecular formula is C16H16F3NO3. The molecule has 2 rings (SSSR count). The first-order valence-corrected chi connectivity index (χ1v) is 7.05. The smallest absolute Gasteiger partial charge is 0.422 e. The first-order chi connectivity index (χ1) is 10.7. The molecule has 1 heterocycles. The minimum absolute atomic E-state index is 0.0508. The van der Waals surface area contributed by atoms with E-state index >= 15 is 0 Å². The summed E-state index contributed by atoms with van der Waals surface area (Å²) in [5, 5.41) is 0.555. The molecule has 124 valence electrons. The van der Waals surface area contributed by atoms with Gasteiger partial charge in [0.15, 0.2) is 6.61 Å². The number of pyridine rings is 1. The van der Waals surface area contributed by atoms with E-state index in [9.17, 15) is 22.8 Å². The molecule has 7 heteroatoms. The van der Waals surface area contributed by atoms with Gasteiger partial charge in [-0.05, 0) is 12.0 Å². The number of rotatable bonds is 4. The van der Waals surface area contributed by atoms with Crippen molar-refractivity contribution in [2.24, 2.45) is 5.92 Å². The fourth-order valence-corrected chi connectivity index (χ4v) is 2.26. The van der Waals surface area contributed by atoms with E-state index in [0.717, 1.165) is 0 Å². The lowest BCUT2D eigenvalue weighted by molar-refractivity contribution is -0.161. The summed E-state index contributed by atoms with van der Waals surface area (Å²) in [6, 6.07) is 6.29. The highest BCUT2D eigenvalue weighted by Crippen LogP contribution is 2.19. The monoisotopic (exact) mass is 327 g/mol. The molecule has 2 aromatic rings. The molecular weight excluding hydrogens is 311 g/mol. The van der Waals surface area contributed by atoms with Crippen LogP contribution in [-0.2, 0) is 11.3 Å². The third-order valence-corrected chi connectivity index (χ3v) is 3.14. The minimum atomic E-state index is -4.60. The first kappa shape index (κ1) is 17.1. The van der Waals surface area contributed by atoms with Crippen molar-refractivity contribution in [2.75, 3.05) is 6.61 Å². The molecule has 0 atom stereocenters. The lowest BCUT2D eigenvalue weighted by atomic mass is 10.1. The summed E-state index contributed by atoms with van der Waals surface area (Å²) >= 11 is 0. The van der Waals surface area contributed by atoms with Crippen molar-refractivity contribution in [3.05, 3.63) is 46.4 Å². The summed E-state index contributed by atoms with van der Waals surface area (Å²) in [5.74, 6) is -0.969. The average molecular weight is 327 g/mol. The molecule has 0 unspecified atom stereocenters. The number of fused-ring (bicyclic) bond motifs is 1. The van der Waals surface area contributed by atoms with Crippen LogP contribution in [0.1, 0.15) is 24.2 Å². The van der Waals surface area contributed by atoms with Crippen molar-refractivity contribution in [2.45, 2.75) is 26.6 Å². The minimum Gasteiger partial charge on any atom is -0.452 e. The van der Waals surface area contributed by atoms with E-state index in [0.29, 0.717) is 6.54 Å². The zero-order valence-electron chi connectivity index (χ0n) is 12.7. The fraction of sp³-hybridized carbons (Fsp3) is 0.375. The average Bonchev–Trinajstić information content (AvgIpc) is 2.46. The third kappa shape index (κ3) is 4.12. The van der Waals surface area contributed by atoms with Gasteiger partial charge in [-0.3, -0.25) is 4.79 Å². The van der Waals surface area contributed by atoms with E-state index in [4.69, 9.17) is 0 Å². The molecule has 4 nitrogen and oxygen atoms in total. The van der Waals surface area contributed by atoms with Gasteiger partial charge in [-0.1, -0.05) is 32.0 Å². The largest absolute Gasteiger partial charge is 0.452 e. The summed E-state index contributed by atoms with van der Waals surface area (Å²) in [7, 11) is 0. The van der Waals surface area contributed by atoms with Crippen molar-refractivity contribution in [3.63, 3.8) is 0 Å². The third-order valence-electron chi connectivity index (χ3n) is 3.14. The maximum absolute atomic E-state index is 12.4. The number of aromatic nitrogens is 1. The Morgan fingerprint density at radius 2 is 1.83 bits per heavy atom. The molecule has 0 saturated heterocycles. The SMILES string of the molecule is CC(C)Cn1cc(C(=O)OCC(F)(F)F)c2ccccc2c1=O. The van der Waals surface area contributed by atoms with Crippen LogP contribution in [0.25, 0.3) is 10.8 Å². The normalized spacial score (nSPS) is 11.9. The van der Waals surface area contributed by atoms with E-state index in [1.165, 1.54) is 22.9 Å². The van der Waals surface area contributed by atoms with Gasteiger partial charge in [0.2, 0.25) is 0 Å². The zero-order valence-corrected chi connectivity index (χ0v) is 12.7. The van der Waals surface area contributed by atoms with Crippen LogP contribution in [-0.4, -0.2) is 23.3 Å². The predicted molar refractivity (Wildman–Crippen MR) is 79.4 cm³/mol. The maximum Gasteiger partial charge on any atom is 0.422 e. The summed E-state index contributed by atoms with van der Waals surface area (Å²) < 4.78 is 42.3. The number of esters is 1. The van der Waals surface area contributed by atoms with Crippen LogP contribution in [0, 0.1) is 5.92 Å². The molecule has 1 aromatic heterocycles. The van der Waals surface area contributed by atoms with Crippen LogP contribution in [0.15, 0.2) is 35.3 Å². The Bertz CT molecular complexity index is 778. The molecule has 0 amide bonds. The Balaban J connectivity index is 2.51. The Morgan fingerprint density at radius 3 is 2.39 bits per heavy atom. The first-order valence-electron chi connectivity index (χ1n) is 7.05. The predicted octanol–water partition coefficient (Wildman–Crippen LogP) is 3.38. The van der Waals surface area contributed by atoms with Crippen LogP contribution in [0.5, 0.6) is 0 Å². The highest BCUT2D eigenvalue weighted by atomic mass is 19.4. The van der Waals surface area contributed by atoms with Crippen molar-refractivity contribution >= 4 is 16.7 Å². The molecule has 23 heavy (non-hydrogen) atoms. The van der Waals surface area contributed by atoms with Crippen LogP contribution in [0.3, 0.4) is 0 Å². The van der Waals surface area contributed by atoms with Gasteiger partial charge in [-0.15, -0.1) is 0 Å². The summed E-state index contributed by atoms with van der Waals surface area (Å²) in [5.41, 5.74) is -0.341. The molecule has 0 spiro atoms. The van der Waals surface area contributed by atoms with Gasteiger partial charge in [-0.25, -0.2) is 4.79 Å². The maximum atomic E-state index is 12.4. The van der Waals surface area contributed by atoms with E-state index in [1.807, 2.05) is 13.8 Å². The molecule has 0 aliphatic heterocycles. The van der Waals surface area contributed by atoms with Gasteiger partial charge in [0.1, 0.15) is 0 Å². The Morgan fingerprint density at radius 1 is 1.22 bits per heavy atom.